The van der Waals surface area contributed by atoms with Gasteiger partial charge in [0.25, 0.3) is 5.56 Å². The van der Waals surface area contributed by atoms with E-state index in [0.29, 0.717) is 11.2 Å². The van der Waals surface area contributed by atoms with Crippen LogP contribution in [0.25, 0.3) is 10.8 Å². The van der Waals surface area contributed by atoms with E-state index >= 15 is 0 Å². The number of benzene rings is 1. The largest absolute Gasteiger partial charge is 0.378 e. The molecule has 8 nitrogen and oxygen atoms in total. The highest BCUT2D eigenvalue weighted by atomic mass is 127. The Hall–Kier alpha value is -2.37. The van der Waals surface area contributed by atoms with Crippen molar-refractivity contribution in [2.24, 2.45) is 0 Å². The first-order valence-electron chi connectivity index (χ1n) is 11.5. The fourth-order valence-electron chi connectivity index (χ4n) is 4.49. The molecule has 0 spiro atoms. The third-order valence-electron chi connectivity index (χ3n) is 6.47. The summed E-state index contributed by atoms with van der Waals surface area (Å²) >= 11 is 2.28. The van der Waals surface area contributed by atoms with Crippen LogP contribution in [0.2, 0.25) is 0 Å². The maximum absolute atomic E-state index is 12.8. The van der Waals surface area contributed by atoms with Gasteiger partial charge in [0.2, 0.25) is 0 Å². The Bertz CT molecular complexity index is 1170. The van der Waals surface area contributed by atoms with Crippen molar-refractivity contribution in [3.8, 4) is 0 Å². The summed E-state index contributed by atoms with van der Waals surface area (Å²) in [6, 6.07) is 10.4. The number of morpholine rings is 1. The first-order chi connectivity index (χ1) is 16.1. The Kier molecular flexibility index (Phi) is 6.70. The lowest BCUT2D eigenvalue weighted by molar-refractivity contribution is 0.122. The van der Waals surface area contributed by atoms with Crippen molar-refractivity contribution in [2.75, 3.05) is 74.1 Å². The van der Waals surface area contributed by atoms with Gasteiger partial charge in [0.05, 0.1) is 18.6 Å². The lowest BCUT2D eigenvalue weighted by atomic mass is 10.2. The van der Waals surface area contributed by atoms with Crippen LogP contribution in [0.5, 0.6) is 0 Å². The number of halogens is 1. The van der Waals surface area contributed by atoms with Gasteiger partial charge >= 0.3 is 0 Å². The zero-order chi connectivity index (χ0) is 22.8. The van der Waals surface area contributed by atoms with Crippen molar-refractivity contribution in [3.63, 3.8) is 0 Å². The minimum atomic E-state index is -0.132. The summed E-state index contributed by atoms with van der Waals surface area (Å²) < 4.78 is 6.46. The summed E-state index contributed by atoms with van der Waals surface area (Å²) in [4.78, 5) is 27.7. The molecule has 2 fully saturated rings. The van der Waals surface area contributed by atoms with Crippen LogP contribution in [-0.4, -0.2) is 73.9 Å². The number of rotatable bonds is 5. The number of ether oxygens (including phenoxy) is 1. The maximum Gasteiger partial charge on any atom is 0.259 e. The third-order valence-corrected chi connectivity index (χ3v) is 7.36. The number of fused-ring (bicyclic) bond motifs is 1. The number of piperazine rings is 1. The molecule has 0 bridgehead atoms. The average Bonchev–Trinajstić information content (AvgIpc) is 2.87. The Labute approximate surface area is 207 Å². The molecule has 2 N–H and O–H groups in total. The molecule has 0 saturated carbocycles. The minimum absolute atomic E-state index is 0.132. The van der Waals surface area contributed by atoms with Gasteiger partial charge in [0.15, 0.2) is 0 Å². The highest BCUT2D eigenvalue weighted by Crippen LogP contribution is 2.30. The second-order valence-corrected chi connectivity index (χ2v) is 9.57. The molecule has 174 valence electrons. The highest BCUT2D eigenvalue weighted by Gasteiger charge is 2.20. The first kappa shape index (κ1) is 22.4. The normalized spacial score (nSPS) is 17.5. The van der Waals surface area contributed by atoms with Crippen molar-refractivity contribution in [1.29, 1.82) is 0 Å². The van der Waals surface area contributed by atoms with Gasteiger partial charge in [-0.2, -0.15) is 0 Å². The average molecular weight is 560 g/mol. The van der Waals surface area contributed by atoms with Gasteiger partial charge in [-0.3, -0.25) is 4.79 Å². The van der Waals surface area contributed by atoms with Gasteiger partial charge in [0.1, 0.15) is 11.6 Å². The van der Waals surface area contributed by atoms with Crippen LogP contribution in [0.3, 0.4) is 0 Å². The number of nitrogens with one attached hydrogen (secondary N) is 2. The molecule has 2 aromatic heterocycles. The smallest absolute Gasteiger partial charge is 0.259 e. The molecule has 33 heavy (non-hydrogen) atoms. The van der Waals surface area contributed by atoms with Crippen LogP contribution in [0.4, 0.5) is 23.0 Å². The predicted molar refractivity (Wildman–Crippen MR) is 142 cm³/mol. The Balaban J connectivity index is 1.47. The molecule has 1 aromatic carbocycles. The summed E-state index contributed by atoms with van der Waals surface area (Å²) in [6.45, 7) is 10.5. The second kappa shape index (κ2) is 9.86. The fraction of sp³-hybridized carbons (Fsp3) is 0.417. The quantitative estimate of drug-likeness (QED) is 0.465. The van der Waals surface area contributed by atoms with E-state index in [2.05, 4.69) is 72.7 Å². The van der Waals surface area contributed by atoms with Gasteiger partial charge in [-0.05, 0) is 59.5 Å². The SMILES string of the molecule is CCN1CCN(c2cc3c(I)c[nH]c(=O)c3c(Nc3ccc(N4CCOCC4)cc3)n2)CC1. The molecule has 4 heterocycles. The summed E-state index contributed by atoms with van der Waals surface area (Å²) in [7, 11) is 0. The first-order valence-corrected chi connectivity index (χ1v) is 12.6. The molecule has 0 atom stereocenters. The van der Waals surface area contributed by atoms with Crippen molar-refractivity contribution < 1.29 is 4.74 Å². The Morgan fingerprint density at radius 1 is 1.06 bits per heavy atom. The Morgan fingerprint density at radius 2 is 1.79 bits per heavy atom. The van der Waals surface area contributed by atoms with Crippen LogP contribution in [0.15, 0.2) is 41.3 Å². The van der Waals surface area contributed by atoms with E-state index in [1.807, 2.05) is 12.1 Å². The van der Waals surface area contributed by atoms with Gasteiger partial charge in [-0.15, -0.1) is 0 Å². The van der Waals surface area contributed by atoms with E-state index < -0.39 is 0 Å². The second-order valence-electron chi connectivity index (χ2n) is 8.41. The highest BCUT2D eigenvalue weighted by molar-refractivity contribution is 14.1. The van der Waals surface area contributed by atoms with Crippen molar-refractivity contribution in [1.82, 2.24) is 14.9 Å². The predicted octanol–water partition coefficient (Wildman–Crippen LogP) is 3.25. The summed E-state index contributed by atoms with van der Waals surface area (Å²) in [5.74, 6) is 1.51. The van der Waals surface area contributed by atoms with Gasteiger partial charge in [-0.25, -0.2) is 4.98 Å². The van der Waals surface area contributed by atoms with E-state index in [-0.39, 0.29) is 5.56 Å². The third kappa shape index (κ3) is 4.80. The van der Waals surface area contributed by atoms with Gasteiger partial charge < -0.3 is 29.7 Å². The summed E-state index contributed by atoms with van der Waals surface area (Å²) in [5.41, 5.74) is 1.95. The van der Waals surface area contributed by atoms with Crippen LogP contribution < -0.4 is 20.7 Å². The number of aromatic nitrogens is 2. The van der Waals surface area contributed by atoms with E-state index in [4.69, 9.17) is 9.72 Å². The molecule has 0 radical (unpaired) electrons. The number of H-pyrrole nitrogens is 1. The molecule has 9 heteroatoms. The molecule has 2 aliphatic rings. The number of hydrogen-bond donors (Lipinski definition) is 2. The molecule has 0 amide bonds. The fourth-order valence-corrected chi connectivity index (χ4v) is 5.07. The molecule has 5 rings (SSSR count). The van der Waals surface area contributed by atoms with Crippen LogP contribution in [-0.2, 0) is 4.74 Å². The number of aromatic amines is 1. The molecule has 0 unspecified atom stereocenters. The summed E-state index contributed by atoms with van der Waals surface area (Å²) in [5, 5.41) is 4.95. The molecular formula is C24H29IN6O2. The summed E-state index contributed by atoms with van der Waals surface area (Å²) in [6.07, 6.45) is 1.77. The Morgan fingerprint density at radius 3 is 2.48 bits per heavy atom. The molecule has 2 aliphatic heterocycles. The van der Waals surface area contributed by atoms with Crippen molar-refractivity contribution in [2.45, 2.75) is 6.92 Å². The van der Waals surface area contributed by atoms with Crippen LogP contribution in [0, 0.1) is 3.57 Å². The zero-order valence-corrected chi connectivity index (χ0v) is 21.0. The number of anilines is 4. The van der Waals surface area contributed by atoms with E-state index in [1.165, 1.54) is 5.69 Å². The molecule has 0 aliphatic carbocycles. The zero-order valence-electron chi connectivity index (χ0n) is 18.8. The minimum Gasteiger partial charge on any atom is -0.378 e. The number of hydrogen-bond acceptors (Lipinski definition) is 7. The van der Waals surface area contributed by atoms with E-state index in [0.717, 1.165) is 79.5 Å². The van der Waals surface area contributed by atoms with E-state index in [9.17, 15) is 4.79 Å². The topological polar surface area (TPSA) is 76.7 Å². The molecule has 2 saturated heterocycles. The lowest BCUT2D eigenvalue weighted by Gasteiger charge is -2.35. The number of likely N-dealkylation sites (N-methyl/N-ethyl adjacent to an activating group) is 1. The van der Waals surface area contributed by atoms with Crippen molar-refractivity contribution >= 4 is 56.4 Å². The monoisotopic (exact) mass is 560 g/mol. The van der Waals surface area contributed by atoms with E-state index in [1.54, 1.807) is 6.20 Å². The van der Waals surface area contributed by atoms with Crippen LogP contribution in [0.1, 0.15) is 6.92 Å². The van der Waals surface area contributed by atoms with Gasteiger partial charge in [0, 0.05) is 65.8 Å². The van der Waals surface area contributed by atoms with Gasteiger partial charge in [-0.1, -0.05) is 6.92 Å². The number of nitrogens with zero attached hydrogens (tertiary/aromatic N) is 4. The number of pyridine rings is 2. The van der Waals surface area contributed by atoms with Crippen molar-refractivity contribution in [3.05, 3.63) is 50.5 Å². The van der Waals surface area contributed by atoms with Crippen LogP contribution >= 0.6 is 22.6 Å². The molecule has 3 aromatic rings. The standard InChI is InChI=1S/C24H29IN6O2/c1-2-29-7-9-31(10-8-29)21-15-19-20(25)16-26-24(32)22(19)23(28-21)27-17-3-5-18(6-4-17)30-11-13-33-14-12-30/h3-6,15-16H,2,7-14H2,1H3,(H,26,32)(H,27,28). The maximum atomic E-state index is 12.8. The lowest BCUT2D eigenvalue weighted by Crippen LogP contribution is -2.46. The molecular weight excluding hydrogens is 531 g/mol.